The van der Waals surface area contributed by atoms with Crippen LogP contribution in [0.5, 0.6) is 0 Å². The Kier molecular flexibility index (Phi) is 5.54. The highest BCUT2D eigenvalue weighted by molar-refractivity contribution is 5.69. The summed E-state index contributed by atoms with van der Waals surface area (Å²) >= 11 is 0. The van der Waals surface area contributed by atoms with Crippen molar-refractivity contribution in [2.75, 3.05) is 19.8 Å². The lowest BCUT2D eigenvalue weighted by Crippen LogP contribution is -2.59. The Morgan fingerprint density at radius 2 is 2.11 bits per heavy atom. The van der Waals surface area contributed by atoms with Gasteiger partial charge in [-0.25, -0.2) is 4.79 Å². The van der Waals surface area contributed by atoms with E-state index in [-0.39, 0.29) is 47.0 Å². The summed E-state index contributed by atoms with van der Waals surface area (Å²) in [7, 11) is 0. The summed E-state index contributed by atoms with van der Waals surface area (Å²) in [5.41, 5.74) is 0.954. The van der Waals surface area contributed by atoms with Gasteiger partial charge in [0.2, 0.25) is 0 Å². The van der Waals surface area contributed by atoms with Crippen LogP contribution < -0.4 is 0 Å². The Labute approximate surface area is 208 Å². The average molecular weight is 476 g/mol. The third-order valence-electron chi connectivity index (χ3n) is 10.4. The molecule has 4 aliphatic carbocycles. The molecule has 1 aliphatic heterocycles. The summed E-state index contributed by atoms with van der Waals surface area (Å²) in [6.07, 6.45) is 16.6. The third kappa shape index (κ3) is 3.12. The van der Waals surface area contributed by atoms with E-state index in [1.54, 1.807) is 0 Å². The maximum atomic E-state index is 13.6. The molecule has 1 saturated heterocycles. The first-order chi connectivity index (χ1) is 17.0. The van der Waals surface area contributed by atoms with Crippen LogP contribution in [0.4, 0.5) is 4.79 Å². The van der Waals surface area contributed by atoms with Crippen molar-refractivity contribution in [1.29, 1.82) is 0 Å². The van der Waals surface area contributed by atoms with E-state index in [0.717, 1.165) is 44.2 Å². The molecule has 4 fully saturated rings. The molecule has 0 radical (unpaired) electrons. The number of carbonyl (C=O) groups excluding carboxylic acids is 1. The first-order valence-corrected chi connectivity index (χ1v) is 13.3. The summed E-state index contributed by atoms with van der Waals surface area (Å²) in [6.45, 7) is 3.80. The molecular weight excluding hydrogens is 438 g/mol. The largest absolute Gasteiger partial charge is 0.445 e. The summed E-state index contributed by atoms with van der Waals surface area (Å²) in [5, 5.41) is 9.66. The van der Waals surface area contributed by atoms with Gasteiger partial charge in [-0.15, -0.1) is 12.3 Å². The second-order valence-electron chi connectivity index (χ2n) is 11.9. The predicted molar refractivity (Wildman–Crippen MR) is 133 cm³/mol. The Morgan fingerprint density at radius 3 is 2.89 bits per heavy atom. The van der Waals surface area contributed by atoms with Crippen LogP contribution in [0, 0.1) is 46.3 Å². The van der Waals surface area contributed by atoms with Gasteiger partial charge in [0, 0.05) is 30.3 Å². The van der Waals surface area contributed by atoms with Crippen molar-refractivity contribution in [3.63, 3.8) is 0 Å². The zero-order valence-electron chi connectivity index (χ0n) is 20.7. The second kappa shape index (κ2) is 8.39. The third-order valence-corrected chi connectivity index (χ3v) is 10.4. The second-order valence-corrected chi connectivity index (χ2v) is 11.9. The van der Waals surface area contributed by atoms with Crippen LogP contribution in [0.15, 0.2) is 42.5 Å². The Morgan fingerprint density at radius 1 is 1.29 bits per heavy atom. The van der Waals surface area contributed by atoms with Crippen LogP contribution in [0.2, 0.25) is 0 Å². The van der Waals surface area contributed by atoms with Gasteiger partial charge < -0.3 is 19.5 Å². The standard InChI is InChI=1S/C30H37NO4/c1-3-13-29-18-23-25-28(2,20-31(23)27(33)35-19-21-9-5-4-6-10-21)14-8-15-30(25)24(29)12-7-11-22(29)26(30)34-17-16-32/h1,4-7,9-11,22-26,32H,8,12-20H2,2H3/t22?,23?,24-,25-,26?,28+,29+,30-/m1/s1. The van der Waals surface area contributed by atoms with E-state index in [2.05, 4.69) is 29.9 Å². The van der Waals surface area contributed by atoms with Gasteiger partial charge in [-0.2, -0.15) is 0 Å². The van der Waals surface area contributed by atoms with Crippen LogP contribution >= 0.6 is 0 Å². The molecule has 0 aromatic heterocycles. The predicted octanol–water partition coefficient (Wildman–Crippen LogP) is 4.80. The summed E-state index contributed by atoms with van der Waals surface area (Å²) < 4.78 is 12.5. The molecule has 1 aromatic carbocycles. The van der Waals surface area contributed by atoms with E-state index in [1.165, 1.54) is 0 Å². The van der Waals surface area contributed by atoms with Gasteiger partial charge in [0.15, 0.2) is 0 Å². The molecule has 8 atom stereocenters. The number of hydrogen-bond acceptors (Lipinski definition) is 4. The normalized spacial score (nSPS) is 42.4. The van der Waals surface area contributed by atoms with Gasteiger partial charge in [0.05, 0.1) is 19.3 Å². The van der Waals surface area contributed by atoms with E-state index in [9.17, 15) is 9.90 Å². The molecule has 1 amide bonds. The van der Waals surface area contributed by atoms with Crippen molar-refractivity contribution < 1.29 is 19.4 Å². The van der Waals surface area contributed by atoms with E-state index < -0.39 is 0 Å². The lowest BCUT2D eigenvalue weighted by Gasteiger charge is -2.60. The lowest BCUT2D eigenvalue weighted by molar-refractivity contribution is -0.149. The molecule has 6 rings (SSSR count). The number of hydrogen-bond donors (Lipinski definition) is 1. The van der Waals surface area contributed by atoms with Gasteiger partial charge in [-0.3, -0.25) is 0 Å². The van der Waals surface area contributed by atoms with Crippen LogP contribution in [-0.4, -0.2) is 48.0 Å². The first-order valence-electron chi connectivity index (χ1n) is 13.3. The Balaban J connectivity index is 1.39. The minimum absolute atomic E-state index is 0.0233. The quantitative estimate of drug-likeness (QED) is 0.474. The minimum Gasteiger partial charge on any atom is -0.445 e. The molecule has 1 spiro atoms. The molecule has 186 valence electrons. The summed E-state index contributed by atoms with van der Waals surface area (Å²) in [6, 6.07) is 10.0. The van der Waals surface area contributed by atoms with Crippen LogP contribution in [0.1, 0.15) is 51.0 Å². The number of nitrogens with zero attached hydrogens (tertiary/aromatic N) is 1. The Hall–Kier alpha value is -2.29. The highest BCUT2D eigenvalue weighted by Crippen LogP contribution is 2.78. The molecule has 1 N–H and O–H groups in total. The van der Waals surface area contributed by atoms with E-state index in [1.807, 2.05) is 30.3 Å². The van der Waals surface area contributed by atoms with Crippen LogP contribution in [0.3, 0.4) is 0 Å². The van der Waals surface area contributed by atoms with Crippen LogP contribution in [-0.2, 0) is 16.1 Å². The maximum Gasteiger partial charge on any atom is 0.410 e. The number of carbonyl (C=O) groups is 1. The van der Waals surface area contributed by atoms with Gasteiger partial charge in [0.1, 0.15) is 6.61 Å². The van der Waals surface area contributed by atoms with Gasteiger partial charge >= 0.3 is 6.09 Å². The Bertz CT molecular complexity index is 1050. The molecule has 5 aliphatic rings. The molecule has 35 heavy (non-hydrogen) atoms. The topological polar surface area (TPSA) is 59.0 Å². The summed E-state index contributed by atoms with van der Waals surface area (Å²) in [5.74, 6) is 4.10. The molecule has 1 heterocycles. The van der Waals surface area contributed by atoms with Gasteiger partial charge in [-0.05, 0) is 53.9 Å². The van der Waals surface area contributed by atoms with Crippen molar-refractivity contribution in [3.8, 4) is 12.3 Å². The van der Waals surface area contributed by atoms with Crippen molar-refractivity contribution in [2.24, 2.45) is 34.0 Å². The zero-order valence-corrected chi connectivity index (χ0v) is 20.7. The monoisotopic (exact) mass is 475 g/mol. The van der Waals surface area contributed by atoms with Crippen molar-refractivity contribution in [2.45, 2.75) is 64.2 Å². The fourth-order valence-corrected chi connectivity index (χ4v) is 9.70. The molecule has 4 bridgehead atoms. The smallest absolute Gasteiger partial charge is 0.410 e. The van der Waals surface area contributed by atoms with E-state index >= 15 is 0 Å². The molecule has 1 aromatic rings. The highest BCUT2D eigenvalue weighted by atomic mass is 16.6. The number of amides is 1. The fraction of sp³-hybridized carbons (Fsp3) is 0.633. The molecule has 3 unspecified atom stereocenters. The minimum atomic E-state index is -0.199. The molecule has 5 nitrogen and oxygen atoms in total. The van der Waals surface area contributed by atoms with Crippen LogP contribution in [0.25, 0.3) is 0 Å². The van der Waals surface area contributed by atoms with Gasteiger partial charge in [-0.1, -0.05) is 55.8 Å². The maximum absolute atomic E-state index is 13.6. The average Bonchev–Trinajstić information content (AvgIpc) is 3.13. The number of ether oxygens (including phenoxy) is 2. The number of benzene rings is 1. The summed E-state index contributed by atoms with van der Waals surface area (Å²) in [4.78, 5) is 15.6. The van der Waals surface area contributed by atoms with E-state index in [0.29, 0.717) is 31.5 Å². The van der Waals surface area contributed by atoms with E-state index in [4.69, 9.17) is 15.9 Å². The SMILES string of the molecule is C#CC[C@]12CC3[C@@H]4[C@@](C)(CCC[C@]45C(OCCO)C1C=CC[C@H]25)CN3C(=O)OCc1ccccc1. The zero-order chi connectivity index (χ0) is 24.3. The number of terminal acetylenes is 1. The van der Waals surface area contributed by atoms with Crippen molar-refractivity contribution in [1.82, 2.24) is 4.90 Å². The van der Waals surface area contributed by atoms with Crippen molar-refractivity contribution in [3.05, 3.63) is 48.0 Å². The molecular formula is C30H37NO4. The number of likely N-dealkylation sites (tertiary alicyclic amines) is 1. The number of aliphatic hydroxyl groups is 1. The number of aliphatic hydroxyl groups excluding tert-OH is 1. The number of rotatable bonds is 6. The molecule has 5 heteroatoms. The molecule has 3 saturated carbocycles. The fourth-order valence-electron chi connectivity index (χ4n) is 9.70. The lowest BCUT2D eigenvalue weighted by atomic mass is 9.44. The number of allylic oxidation sites excluding steroid dienone is 1. The highest BCUT2D eigenvalue weighted by Gasteiger charge is 2.78. The van der Waals surface area contributed by atoms with Crippen molar-refractivity contribution >= 4 is 6.09 Å². The first kappa shape index (κ1) is 23.1. The van der Waals surface area contributed by atoms with Gasteiger partial charge in [0.25, 0.3) is 0 Å².